The molecule has 0 radical (unpaired) electrons. The first-order valence-corrected chi connectivity index (χ1v) is 7.08. The third-order valence-electron chi connectivity index (χ3n) is 2.43. The Morgan fingerprint density at radius 1 is 1.36 bits per heavy atom. The van der Waals surface area contributed by atoms with E-state index in [2.05, 4.69) is 10.2 Å². The van der Waals surface area contributed by atoms with E-state index in [0.29, 0.717) is 5.56 Å². The fourth-order valence-electron chi connectivity index (χ4n) is 1.53. The normalized spacial score (nSPS) is 10.2. The van der Waals surface area contributed by atoms with Crippen molar-refractivity contribution in [3.05, 3.63) is 40.2 Å². The number of hydrogen-bond donors (Lipinski definition) is 1. The van der Waals surface area contributed by atoms with Gasteiger partial charge in [-0.15, -0.1) is 10.1 Å². The zero-order chi connectivity index (χ0) is 18.2. The Labute approximate surface area is 161 Å². The summed E-state index contributed by atoms with van der Waals surface area (Å²) in [5, 5.41) is 11.5. The molecular formula is C14H20IN3O7. The van der Waals surface area contributed by atoms with Crippen molar-refractivity contribution in [3.63, 3.8) is 0 Å². The molecule has 0 bridgehead atoms. The van der Waals surface area contributed by atoms with Crippen molar-refractivity contribution in [2.45, 2.75) is 33.1 Å². The molecule has 1 amide bonds. The van der Waals surface area contributed by atoms with Gasteiger partial charge in [-0.3, -0.25) is 4.79 Å². The van der Waals surface area contributed by atoms with Gasteiger partial charge in [0.25, 0.3) is 17.7 Å². The summed E-state index contributed by atoms with van der Waals surface area (Å²) in [5.41, 5.74) is -0.360. The molecule has 0 saturated heterocycles. The maximum atomic E-state index is 11.9. The van der Waals surface area contributed by atoms with E-state index in [1.54, 1.807) is 39.1 Å². The van der Waals surface area contributed by atoms with Crippen molar-refractivity contribution >= 4 is 12.1 Å². The second-order valence-electron chi connectivity index (χ2n) is 5.66. The Morgan fingerprint density at radius 3 is 2.64 bits per heavy atom. The highest BCUT2D eigenvalue weighted by molar-refractivity contribution is 5.93. The van der Waals surface area contributed by atoms with Crippen LogP contribution in [0.5, 0.6) is 0 Å². The summed E-state index contributed by atoms with van der Waals surface area (Å²) in [4.78, 5) is 37.4. The minimum absolute atomic E-state index is 0. The lowest BCUT2D eigenvalue weighted by molar-refractivity contribution is -0.757. The summed E-state index contributed by atoms with van der Waals surface area (Å²) >= 11 is 0. The van der Waals surface area contributed by atoms with Crippen molar-refractivity contribution in [3.8, 4) is 0 Å². The Morgan fingerprint density at radius 2 is 2.04 bits per heavy atom. The fraction of sp³-hybridized carbons (Fsp3) is 0.500. The van der Waals surface area contributed by atoms with Crippen LogP contribution in [0.25, 0.3) is 0 Å². The smallest absolute Gasteiger partial charge is 0.513 e. The molecule has 1 aromatic heterocycles. The zero-order valence-electron chi connectivity index (χ0n) is 14.1. The van der Waals surface area contributed by atoms with E-state index in [9.17, 15) is 19.7 Å². The molecule has 0 aliphatic heterocycles. The highest BCUT2D eigenvalue weighted by atomic mass is 127. The fourth-order valence-corrected chi connectivity index (χ4v) is 1.53. The molecule has 0 atom stereocenters. The molecule has 10 nitrogen and oxygen atoms in total. The molecule has 0 unspecified atom stereocenters. The predicted octanol–water partition coefficient (Wildman–Crippen LogP) is -2.17. The number of pyridine rings is 1. The minimum Gasteiger partial charge on any atom is -1.00 e. The third-order valence-corrected chi connectivity index (χ3v) is 2.43. The summed E-state index contributed by atoms with van der Waals surface area (Å²) < 4.78 is 11.4. The van der Waals surface area contributed by atoms with Crippen LogP contribution in [0.1, 0.15) is 31.1 Å². The van der Waals surface area contributed by atoms with Crippen LogP contribution < -0.4 is 33.9 Å². The second-order valence-corrected chi connectivity index (χ2v) is 5.66. The van der Waals surface area contributed by atoms with E-state index >= 15 is 0 Å². The van der Waals surface area contributed by atoms with Crippen LogP contribution in [0.15, 0.2) is 24.5 Å². The third kappa shape index (κ3) is 10.3. The quantitative estimate of drug-likeness (QED) is 0.121. The van der Waals surface area contributed by atoms with Gasteiger partial charge in [0, 0.05) is 12.6 Å². The number of carbonyl (C=O) groups excluding carboxylic acids is 2. The van der Waals surface area contributed by atoms with Gasteiger partial charge in [-0.05, 0) is 26.8 Å². The Bertz CT molecular complexity index is 604. The van der Waals surface area contributed by atoms with E-state index in [1.807, 2.05) is 0 Å². The molecule has 1 rings (SSSR count). The van der Waals surface area contributed by atoms with E-state index < -0.39 is 22.8 Å². The van der Waals surface area contributed by atoms with Gasteiger partial charge in [0.1, 0.15) is 17.8 Å². The van der Waals surface area contributed by atoms with Gasteiger partial charge in [-0.2, -0.15) is 4.57 Å². The summed E-state index contributed by atoms with van der Waals surface area (Å²) in [6, 6.07) is 3.15. The molecule has 11 heteroatoms. The van der Waals surface area contributed by atoms with Crippen LogP contribution in [0, 0.1) is 10.1 Å². The monoisotopic (exact) mass is 469 g/mol. The van der Waals surface area contributed by atoms with Crippen LogP contribution in [0.4, 0.5) is 4.79 Å². The number of ether oxygens (including phenoxy) is 2. The van der Waals surface area contributed by atoms with Crippen molar-refractivity contribution in [2.24, 2.45) is 0 Å². The second kappa shape index (κ2) is 10.6. The van der Waals surface area contributed by atoms with E-state index in [-0.39, 0.29) is 43.9 Å². The standard InChI is InChI=1S/C14H19N3O7.HI/c1-14(2,3)24-13(19)22-10-16-7-4-5-11(9-16)12(18)15-6-8-23-17(20)21;/h4-5,7,9H,6,8,10H2,1-3H3;1H. The number of halogens is 1. The van der Waals surface area contributed by atoms with Crippen LogP contribution >= 0.6 is 0 Å². The molecule has 1 heterocycles. The largest absolute Gasteiger partial charge is 1.00 e. The van der Waals surface area contributed by atoms with E-state index in [0.717, 1.165) is 0 Å². The van der Waals surface area contributed by atoms with Gasteiger partial charge < -0.3 is 43.6 Å². The molecule has 0 fully saturated rings. The Hall–Kier alpha value is -2.18. The topological polar surface area (TPSA) is 121 Å². The molecule has 0 aliphatic rings. The molecule has 0 aliphatic carbocycles. The zero-order valence-corrected chi connectivity index (χ0v) is 16.2. The van der Waals surface area contributed by atoms with Crippen LogP contribution in [-0.4, -0.2) is 35.9 Å². The predicted molar refractivity (Wildman–Crippen MR) is 79.2 cm³/mol. The maximum Gasteiger partial charge on any atom is 0.513 e. The van der Waals surface area contributed by atoms with Gasteiger partial charge in [0.2, 0.25) is 0 Å². The van der Waals surface area contributed by atoms with Gasteiger partial charge in [0.05, 0.1) is 0 Å². The lowest BCUT2D eigenvalue weighted by Gasteiger charge is -2.17. The maximum absolute atomic E-state index is 11.9. The SMILES string of the molecule is CC(C)(C)OC(=O)OC[n+]1cccc(C(=O)NCCO[N+](=O)[O-])c1.[I-]. The van der Waals surface area contributed by atoms with Gasteiger partial charge in [-0.25, -0.2) is 4.79 Å². The number of hydrogen-bond acceptors (Lipinski definition) is 7. The number of nitrogens with zero attached hydrogens (tertiary/aromatic N) is 2. The molecule has 140 valence electrons. The van der Waals surface area contributed by atoms with Crippen molar-refractivity contribution in [1.29, 1.82) is 0 Å². The highest BCUT2D eigenvalue weighted by Gasteiger charge is 2.19. The van der Waals surface area contributed by atoms with Gasteiger partial charge >= 0.3 is 6.16 Å². The molecule has 0 aromatic carbocycles. The van der Waals surface area contributed by atoms with Gasteiger partial charge in [0.15, 0.2) is 12.4 Å². The summed E-state index contributed by atoms with van der Waals surface area (Å²) in [6.07, 6.45) is 2.26. The van der Waals surface area contributed by atoms with Crippen molar-refractivity contribution < 1.29 is 57.5 Å². The van der Waals surface area contributed by atoms with Crippen LogP contribution in [-0.2, 0) is 21.0 Å². The van der Waals surface area contributed by atoms with E-state index in [1.165, 1.54) is 10.8 Å². The summed E-state index contributed by atoms with van der Waals surface area (Å²) in [5.74, 6) is -0.437. The lowest BCUT2D eigenvalue weighted by atomic mass is 10.2. The summed E-state index contributed by atoms with van der Waals surface area (Å²) in [6.45, 7) is 4.77. The first-order valence-electron chi connectivity index (χ1n) is 7.08. The molecule has 0 spiro atoms. The highest BCUT2D eigenvalue weighted by Crippen LogP contribution is 2.07. The average molecular weight is 469 g/mol. The summed E-state index contributed by atoms with van der Waals surface area (Å²) in [7, 11) is 0. The first-order chi connectivity index (χ1) is 11.2. The lowest BCUT2D eigenvalue weighted by Crippen LogP contribution is -3.00. The van der Waals surface area contributed by atoms with Crippen molar-refractivity contribution in [1.82, 2.24) is 5.32 Å². The number of nitrogens with one attached hydrogen (secondary N) is 1. The van der Waals surface area contributed by atoms with Crippen LogP contribution in [0.3, 0.4) is 0 Å². The molecule has 1 N–H and O–H groups in total. The molecule has 1 aromatic rings. The number of aromatic nitrogens is 1. The minimum atomic E-state index is -0.934. The van der Waals surface area contributed by atoms with Gasteiger partial charge in [-0.1, -0.05) is 0 Å². The van der Waals surface area contributed by atoms with E-state index in [4.69, 9.17) is 9.47 Å². The molecule has 0 saturated carbocycles. The number of carbonyl (C=O) groups is 2. The van der Waals surface area contributed by atoms with Crippen LogP contribution in [0.2, 0.25) is 0 Å². The molecular weight excluding hydrogens is 449 g/mol. The van der Waals surface area contributed by atoms with Crippen molar-refractivity contribution in [2.75, 3.05) is 13.2 Å². The molecule has 25 heavy (non-hydrogen) atoms. The number of amides is 1. The number of rotatable bonds is 7. The first kappa shape index (κ1) is 22.8. The average Bonchev–Trinajstić information content (AvgIpc) is 2.48. The Balaban J connectivity index is 0.00000576. The Kier molecular flexibility index (Phi) is 9.71.